The Morgan fingerprint density at radius 1 is 1.03 bits per heavy atom. The average molecular weight is 509 g/mol. The SMILES string of the molecule is CCCCCN(CC)c1ccc(N=Nc2sc(C=C(C#N)C#N)c(-c3ccc(O)cc3)c2C#N)c(C)c1. The number of unbranched alkanes of at least 4 members (excludes halogenated alkanes) is 2. The minimum absolute atomic E-state index is 0.0832. The van der Waals surface area contributed by atoms with Crippen LogP contribution in [0.5, 0.6) is 5.75 Å². The second-order valence-electron chi connectivity index (χ2n) is 8.42. The molecule has 186 valence electrons. The molecule has 0 saturated heterocycles. The Morgan fingerprint density at radius 2 is 1.76 bits per heavy atom. The van der Waals surface area contributed by atoms with Gasteiger partial charge in [0.25, 0.3) is 0 Å². The molecular formula is C29H28N6OS. The van der Waals surface area contributed by atoms with Crippen molar-refractivity contribution < 1.29 is 5.11 Å². The van der Waals surface area contributed by atoms with Gasteiger partial charge in [0.2, 0.25) is 0 Å². The van der Waals surface area contributed by atoms with Crippen LogP contribution in [0.4, 0.5) is 16.4 Å². The van der Waals surface area contributed by atoms with Crippen LogP contribution in [0.3, 0.4) is 0 Å². The van der Waals surface area contributed by atoms with Gasteiger partial charge in [0.15, 0.2) is 5.00 Å². The van der Waals surface area contributed by atoms with E-state index in [1.807, 2.05) is 31.2 Å². The van der Waals surface area contributed by atoms with Crippen LogP contribution in [0.15, 0.2) is 58.3 Å². The molecule has 0 saturated carbocycles. The Morgan fingerprint density at radius 3 is 2.35 bits per heavy atom. The van der Waals surface area contributed by atoms with Crippen molar-refractivity contribution in [2.24, 2.45) is 10.2 Å². The first kappa shape index (κ1) is 27.1. The number of azo groups is 1. The normalized spacial score (nSPS) is 10.5. The summed E-state index contributed by atoms with van der Waals surface area (Å²) in [6.45, 7) is 8.27. The number of benzene rings is 2. The summed E-state index contributed by atoms with van der Waals surface area (Å²) in [6, 6.07) is 18.4. The lowest BCUT2D eigenvalue weighted by Crippen LogP contribution is -2.23. The van der Waals surface area contributed by atoms with Crippen molar-refractivity contribution in [1.82, 2.24) is 0 Å². The summed E-state index contributed by atoms with van der Waals surface area (Å²) in [5.74, 6) is 0.0927. The van der Waals surface area contributed by atoms with E-state index in [9.17, 15) is 20.9 Å². The highest BCUT2D eigenvalue weighted by molar-refractivity contribution is 7.17. The van der Waals surface area contributed by atoms with Gasteiger partial charge in [-0.25, -0.2) is 0 Å². The van der Waals surface area contributed by atoms with Gasteiger partial charge in [0, 0.05) is 29.2 Å². The van der Waals surface area contributed by atoms with Crippen LogP contribution >= 0.6 is 11.3 Å². The van der Waals surface area contributed by atoms with Crippen LogP contribution in [0, 0.1) is 40.9 Å². The van der Waals surface area contributed by atoms with Crippen LogP contribution in [-0.4, -0.2) is 18.2 Å². The summed E-state index contributed by atoms with van der Waals surface area (Å²) < 4.78 is 0. The molecule has 0 radical (unpaired) electrons. The summed E-state index contributed by atoms with van der Waals surface area (Å²) in [4.78, 5) is 2.90. The van der Waals surface area contributed by atoms with Crippen molar-refractivity contribution in [2.75, 3.05) is 18.0 Å². The van der Waals surface area contributed by atoms with Gasteiger partial charge >= 0.3 is 0 Å². The second-order valence-corrected chi connectivity index (χ2v) is 9.45. The van der Waals surface area contributed by atoms with Gasteiger partial charge < -0.3 is 10.0 Å². The molecule has 0 amide bonds. The zero-order chi connectivity index (χ0) is 26.8. The summed E-state index contributed by atoms with van der Waals surface area (Å²) in [5.41, 5.74) is 4.23. The first-order chi connectivity index (χ1) is 17.9. The molecule has 0 spiro atoms. The van der Waals surface area contributed by atoms with Gasteiger partial charge in [0.1, 0.15) is 29.5 Å². The number of hydrogen-bond acceptors (Lipinski definition) is 8. The molecule has 0 bridgehead atoms. The molecule has 0 aliphatic rings. The zero-order valence-electron chi connectivity index (χ0n) is 21.2. The van der Waals surface area contributed by atoms with E-state index in [1.165, 1.54) is 42.4 Å². The summed E-state index contributed by atoms with van der Waals surface area (Å²) >= 11 is 1.18. The number of rotatable bonds is 10. The number of phenols is 1. The van der Waals surface area contributed by atoms with E-state index in [4.69, 9.17) is 0 Å². The highest BCUT2D eigenvalue weighted by atomic mass is 32.1. The molecule has 0 atom stereocenters. The number of thiophene rings is 1. The van der Waals surface area contributed by atoms with Crippen molar-refractivity contribution in [3.63, 3.8) is 0 Å². The smallest absolute Gasteiger partial charge is 0.157 e. The Bertz CT molecular complexity index is 1420. The lowest BCUT2D eigenvalue weighted by atomic mass is 10.0. The quantitative estimate of drug-likeness (QED) is 0.168. The number of hydrogen-bond donors (Lipinski definition) is 1. The lowest BCUT2D eigenvalue weighted by molar-refractivity contribution is 0.475. The van der Waals surface area contributed by atoms with E-state index in [-0.39, 0.29) is 11.3 Å². The fourth-order valence-electron chi connectivity index (χ4n) is 3.92. The molecule has 0 fully saturated rings. The van der Waals surface area contributed by atoms with Gasteiger partial charge in [-0.2, -0.15) is 15.8 Å². The van der Waals surface area contributed by atoms with Gasteiger partial charge in [-0.1, -0.05) is 31.9 Å². The average Bonchev–Trinajstić information content (AvgIpc) is 3.26. The Kier molecular flexibility index (Phi) is 9.55. The number of anilines is 1. The topological polar surface area (TPSA) is 120 Å². The van der Waals surface area contributed by atoms with E-state index in [2.05, 4.69) is 41.1 Å². The maximum Gasteiger partial charge on any atom is 0.157 e. The van der Waals surface area contributed by atoms with Gasteiger partial charge in [0.05, 0.1) is 11.3 Å². The fourth-order valence-corrected chi connectivity index (χ4v) is 4.96. The van der Waals surface area contributed by atoms with E-state index >= 15 is 0 Å². The minimum Gasteiger partial charge on any atom is -0.508 e. The predicted octanol–water partition coefficient (Wildman–Crippen LogP) is 8.16. The molecule has 1 aromatic heterocycles. The Hall–Kier alpha value is -4.45. The largest absolute Gasteiger partial charge is 0.508 e. The maximum absolute atomic E-state index is 9.99. The van der Waals surface area contributed by atoms with Crippen LogP contribution in [0.25, 0.3) is 17.2 Å². The minimum atomic E-state index is -0.0832. The summed E-state index contributed by atoms with van der Waals surface area (Å²) in [7, 11) is 0. The number of nitriles is 3. The second kappa shape index (κ2) is 13.0. The standard InChI is InChI=1S/C29H28N6OS/c1-4-6-7-14-35(5-2)23-10-13-26(20(3)15-23)33-34-29-25(19-32)28(22-8-11-24(36)12-9-22)27(37-29)16-21(17-30)18-31/h8-13,15-16,36H,4-7,14H2,1-3H3. The number of allylic oxidation sites excluding steroid dienone is 1. The van der Waals surface area contributed by atoms with Crippen molar-refractivity contribution >= 4 is 33.8 Å². The molecule has 7 nitrogen and oxygen atoms in total. The van der Waals surface area contributed by atoms with Crippen LogP contribution in [0.2, 0.25) is 0 Å². The highest BCUT2D eigenvalue weighted by Crippen LogP contribution is 2.43. The molecule has 1 heterocycles. The molecule has 0 aliphatic heterocycles. The fraction of sp³-hybridized carbons (Fsp3) is 0.276. The van der Waals surface area contributed by atoms with E-state index in [0.29, 0.717) is 32.3 Å². The first-order valence-corrected chi connectivity index (χ1v) is 12.9. The lowest BCUT2D eigenvalue weighted by Gasteiger charge is -2.23. The van der Waals surface area contributed by atoms with E-state index in [0.717, 1.165) is 30.8 Å². The van der Waals surface area contributed by atoms with Gasteiger partial charge in [-0.05, 0) is 67.8 Å². The molecule has 8 heteroatoms. The van der Waals surface area contributed by atoms with Crippen molar-refractivity contribution in [1.29, 1.82) is 15.8 Å². The van der Waals surface area contributed by atoms with Crippen LogP contribution in [-0.2, 0) is 0 Å². The van der Waals surface area contributed by atoms with E-state index < -0.39 is 0 Å². The third-order valence-electron chi connectivity index (χ3n) is 5.91. The summed E-state index contributed by atoms with van der Waals surface area (Å²) in [6.07, 6.45) is 4.99. The summed E-state index contributed by atoms with van der Waals surface area (Å²) in [5, 5.41) is 47.4. The Labute approximate surface area is 221 Å². The molecule has 3 aromatic rings. The Balaban J connectivity index is 2.01. The molecule has 0 unspecified atom stereocenters. The molecule has 37 heavy (non-hydrogen) atoms. The van der Waals surface area contributed by atoms with E-state index in [1.54, 1.807) is 12.1 Å². The molecule has 3 rings (SSSR count). The maximum atomic E-state index is 9.99. The number of nitrogens with zero attached hydrogens (tertiary/aromatic N) is 6. The van der Waals surface area contributed by atoms with Crippen molar-refractivity contribution in [3.05, 3.63) is 64.0 Å². The monoisotopic (exact) mass is 508 g/mol. The third-order valence-corrected chi connectivity index (χ3v) is 6.93. The van der Waals surface area contributed by atoms with Crippen molar-refractivity contribution in [2.45, 2.75) is 40.0 Å². The van der Waals surface area contributed by atoms with Crippen molar-refractivity contribution in [3.8, 4) is 35.1 Å². The zero-order valence-corrected chi connectivity index (χ0v) is 22.0. The van der Waals surface area contributed by atoms with Crippen LogP contribution in [0.1, 0.15) is 49.1 Å². The molecule has 0 aliphatic carbocycles. The number of aromatic hydroxyl groups is 1. The number of phenolic OH excluding ortho intramolecular Hbond substituents is 1. The van der Waals surface area contributed by atoms with Crippen LogP contribution < -0.4 is 4.90 Å². The third kappa shape index (κ3) is 6.61. The highest BCUT2D eigenvalue weighted by Gasteiger charge is 2.20. The number of aryl methyl sites for hydroxylation is 1. The molecular weight excluding hydrogens is 480 g/mol. The van der Waals surface area contributed by atoms with Gasteiger partial charge in [-0.15, -0.1) is 21.6 Å². The van der Waals surface area contributed by atoms with Gasteiger partial charge in [-0.3, -0.25) is 0 Å². The first-order valence-electron chi connectivity index (χ1n) is 12.1. The molecule has 2 aromatic carbocycles. The molecule has 1 N–H and O–H groups in total. The predicted molar refractivity (Wildman–Crippen MR) is 148 cm³/mol.